The van der Waals surface area contributed by atoms with Crippen molar-refractivity contribution in [3.8, 4) is 11.5 Å². The molecule has 6 heteroatoms. The van der Waals surface area contributed by atoms with Crippen LogP contribution < -0.4 is 5.32 Å². The third-order valence-electron chi connectivity index (χ3n) is 2.55. The van der Waals surface area contributed by atoms with E-state index in [-0.39, 0.29) is 0 Å². The molecule has 0 aromatic carbocycles. The van der Waals surface area contributed by atoms with E-state index in [9.17, 15) is 0 Å². The van der Waals surface area contributed by atoms with E-state index in [4.69, 9.17) is 4.52 Å². The molecule has 1 saturated carbocycles. The lowest BCUT2D eigenvalue weighted by molar-refractivity contribution is 0.419. The first-order valence-electron chi connectivity index (χ1n) is 5.36. The molecule has 1 aliphatic rings. The number of aromatic nitrogens is 4. The standard InChI is InChI=1S/C10H13N5O/c1-15-6-7(4-12-15)10-13-9(14-16-10)5-11-8-2-3-8/h4,6,8,11H,2-3,5H2,1H3. The van der Waals surface area contributed by atoms with Gasteiger partial charge in [0.05, 0.1) is 18.3 Å². The second-order valence-electron chi connectivity index (χ2n) is 4.07. The average molecular weight is 219 g/mol. The topological polar surface area (TPSA) is 68.8 Å². The van der Waals surface area contributed by atoms with Gasteiger partial charge in [0.1, 0.15) is 0 Å². The fraction of sp³-hybridized carbons (Fsp3) is 0.500. The molecule has 2 aromatic heterocycles. The van der Waals surface area contributed by atoms with Crippen LogP contribution in [-0.4, -0.2) is 26.0 Å². The van der Waals surface area contributed by atoms with Crippen LogP contribution in [0.3, 0.4) is 0 Å². The molecule has 1 aliphatic carbocycles. The molecule has 0 bridgehead atoms. The van der Waals surface area contributed by atoms with Crippen LogP contribution in [0.4, 0.5) is 0 Å². The van der Waals surface area contributed by atoms with E-state index in [0.717, 1.165) is 5.56 Å². The monoisotopic (exact) mass is 219 g/mol. The van der Waals surface area contributed by atoms with E-state index in [1.54, 1.807) is 10.9 Å². The van der Waals surface area contributed by atoms with Crippen molar-refractivity contribution in [2.75, 3.05) is 0 Å². The predicted molar refractivity (Wildman–Crippen MR) is 56.4 cm³/mol. The summed E-state index contributed by atoms with van der Waals surface area (Å²) < 4.78 is 6.87. The van der Waals surface area contributed by atoms with Crippen molar-refractivity contribution in [2.24, 2.45) is 7.05 Å². The van der Waals surface area contributed by atoms with Gasteiger partial charge in [-0.1, -0.05) is 5.16 Å². The largest absolute Gasteiger partial charge is 0.334 e. The van der Waals surface area contributed by atoms with Crippen molar-refractivity contribution in [3.05, 3.63) is 18.2 Å². The van der Waals surface area contributed by atoms with Crippen LogP contribution in [0.2, 0.25) is 0 Å². The quantitative estimate of drug-likeness (QED) is 0.820. The van der Waals surface area contributed by atoms with Gasteiger partial charge in [-0.3, -0.25) is 4.68 Å². The van der Waals surface area contributed by atoms with Crippen molar-refractivity contribution < 1.29 is 4.52 Å². The minimum absolute atomic E-state index is 0.528. The lowest BCUT2D eigenvalue weighted by Gasteiger charge is -1.94. The van der Waals surface area contributed by atoms with E-state index in [2.05, 4.69) is 20.6 Å². The summed E-state index contributed by atoms with van der Waals surface area (Å²) in [6.07, 6.45) is 6.08. The minimum Gasteiger partial charge on any atom is -0.334 e. The first-order chi connectivity index (χ1) is 7.81. The lowest BCUT2D eigenvalue weighted by atomic mass is 10.4. The Kier molecular flexibility index (Phi) is 2.21. The van der Waals surface area contributed by atoms with Gasteiger partial charge in [0.15, 0.2) is 5.82 Å². The normalized spacial score (nSPS) is 15.6. The molecule has 0 spiro atoms. The van der Waals surface area contributed by atoms with Crippen molar-refractivity contribution in [1.82, 2.24) is 25.2 Å². The maximum atomic E-state index is 5.16. The minimum atomic E-state index is 0.528. The van der Waals surface area contributed by atoms with Crippen LogP contribution in [0.5, 0.6) is 0 Å². The van der Waals surface area contributed by atoms with Gasteiger partial charge in [-0.05, 0) is 12.8 Å². The van der Waals surface area contributed by atoms with E-state index in [0.29, 0.717) is 24.3 Å². The molecule has 0 atom stereocenters. The summed E-state index contributed by atoms with van der Waals surface area (Å²) in [6, 6.07) is 0.653. The van der Waals surface area contributed by atoms with Crippen molar-refractivity contribution >= 4 is 0 Å². The van der Waals surface area contributed by atoms with E-state index in [1.807, 2.05) is 13.2 Å². The molecular formula is C10H13N5O. The molecule has 0 radical (unpaired) electrons. The highest BCUT2D eigenvalue weighted by Gasteiger charge is 2.21. The first-order valence-corrected chi connectivity index (χ1v) is 5.36. The highest BCUT2D eigenvalue weighted by Crippen LogP contribution is 2.19. The molecule has 1 fully saturated rings. The second-order valence-corrected chi connectivity index (χ2v) is 4.07. The molecule has 0 saturated heterocycles. The fourth-order valence-electron chi connectivity index (χ4n) is 1.50. The van der Waals surface area contributed by atoms with Crippen LogP contribution in [0, 0.1) is 0 Å². The summed E-state index contributed by atoms with van der Waals surface area (Å²) >= 11 is 0. The Hall–Kier alpha value is -1.69. The van der Waals surface area contributed by atoms with Gasteiger partial charge in [0, 0.05) is 19.3 Å². The molecule has 2 aromatic rings. The molecular weight excluding hydrogens is 206 g/mol. The summed E-state index contributed by atoms with van der Waals surface area (Å²) in [7, 11) is 1.86. The fourth-order valence-corrected chi connectivity index (χ4v) is 1.50. The molecule has 84 valence electrons. The molecule has 16 heavy (non-hydrogen) atoms. The van der Waals surface area contributed by atoms with Gasteiger partial charge in [0.2, 0.25) is 0 Å². The molecule has 0 unspecified atom stereocenters. The highest BCUT2D eigenvalue weighted by atomic mass is 16.5. The van der Waals surface area contributed by atoms with E-state index < -0.39 is 0 Å². The Labute approximate surface area is 92.6 Å². The number of aryl methyl sites for hydroxylation is 1. The number of nitrogens with one attached hydrogen (secondary N) is 1. The van der Waals surface area contributed by atoms with Gasteiger partial charge in [-0.25, -0.2) is 0 Å². The maximum Gasteiger partial charge on any atom is 0.261 e. The zero-order valence-corrected chi connectivity index (χ0v) is 9.05. The van der Waals surface area contributed by atoms with Crippen LogP contribution in [0.15, 0.2) is 16.9 Å². The van der Waals surface area contributed by atoms with Gasteiger partial charge in [-0.15, -0.1) is 0 Å². The molecule has 0 aliphatic heterocycles. The van der Waals surface area contributed by atoms with Gasteiger partial charge in [0.25, 0.3) is 5.89 Å². The van der Waals surface area contributed by atoms with Crippen LogP contribution in [0.1, 0.15) is 18.7 Å². The van der Waals surface area contributed by atoms with E-state index >= 15 is 0 Å². The zero-order valence-electron chi connectivity index (χ0n) is 9.05. The maximum absolute atomic E-state index is 5.16. The summed E-state index contributed by atoms with van der Waals surface area (Å²) in [5.41, 5.74) is 0.854. The summed E-state index contributed by atoms with van der Waals surface area (Å²) in [5, 5.41) is 11.3. The summed E-state index contributed by atoms with van der Waals surface area (Å²) in [4.78, 5) is 4.30. The number of nitrogens with zero attached hydrogens (tertiary/aromatic N) is 4. The lowest BCUT2D eigenvalue weighted by Crippen LogP contribution is -2.16. The van der Waals surface area contributed by atoms with E-state index in [1.165, 1.54) is 12.8 Å². The van der Waals surface area contributed by atoms with Gasteiger partial charge < -0.3 is 9.84 Å². The molecule has 6 nitrogen and oxygen atoms in total. The summed E-state index contributed by atoms with van der Waals surface area (Å²) in [6.45, 7) is 0.675. The predicted octanol–water partition coefficient (Wildman–Crippen LogP) is 0.722. The number of hydrogen-bond donors (Lipinski definition) is 1. The molecule has 2 heterocycles. The SMILES string of the molecule is Cn1cc(-c2nc(CNC3CC3)no2)cn1. The van der Waals surface area contributed by atoms with Crippen molar-refractivity contribution in [1.29, 1.82) is 0 Å². The Morgan fingerprint density at radius 3 is 3.12 bits per heavy atom. The molecule has 3 rings (SSSR count). The molecule has 1 N–H and O–H groups in total. The number of hydrogen-bond acceptors (Lipinski definition) is 5. The van der Waals surface area contributed by atoms with Crippen LogP contribution in [0.25, 0.3) is 11.5 Å². The third kappa shape index (κ3) is 1.96. The van der Waals surface area contributed by atoms with Gasteiger partial charge in [-0.2, -0.15) is 10.1 Å². The first kappa shape index (κ1) is 9.53. The van der Waals surface area contributed by atoms with Gasteiger partial charge >= 0.3 is 0 Å². The Morgan fingerprint density at radius 2 is 2.44 bits per heavy atom. The highest BCUT2D eigenvalue weighted by molar-refractivity contribution is 5.49. The Morgan fingerprint density at radius 1 is 1.56 bits per heavy atom. The molecule has 0 amide bonds. The van der Waals surface area contributed by atoms with Crippen LogP contribution in [-0.2, 0) is 13.6 Å². The zero-order chi connectivity index (χ0) is 11.0. The average Bonchev–Trinajstić information content (AvgIpc) is 2.81. The third-order valence-corrected chi connectivity index (χ3v) is 2.55. The second kappa shape index (κ2) is 3.71. The number of rotatable bonds is 4. The summed E-state index contributed by atoms with van der Waals surface area (Å²) in [5.74, 6) is 1.23. The Bertz CT molecular complexity index is 485. The van der Waals surface area contributed by atoms with Crippen molar-refractivity contribution in [2.45, 2.75) is 25.4 Å². The van der Waals surface area contributed by atoms with Crippen LogP contribution >= 0.6 is 0 Å². The van der Waals surface area contributed by atoms with Crippen molar-refractivity contribution in [3.63, 3.8) is 0 Å². The smallest absolute Gasteiger partial charge is 0.261 e. The Balaban J connectivity index is 1.71.